The summed E-state index contributed by atoms with van der Waals surface area (Å²) in [6.45, 7) is 3.25. The number of fused-ring (bicyclic) bond motifs is 1. The third-order valence-electron chi connectivity index (χ3n) is 2.69. The summed E-state index contributed by atoms with van der Waals surface area (Å²) in [6, 6.07) is 4.19. The summed E-state index contributed by atoms with van der Waals surface area (Å²) in [6.07, 6.45) is 3.51. The Balaban J connectivity index is 2.78. The van der Waals surface area contributed by atoms with Gasteiger partial charge in [0.1, 0.15) is 22.9 Å². The predicted molar refractivity (Wildman–Crippen MR) is 73.2 cm³/mol. The van der Waals surface area contributed by atoms with Gasteiger partial charge in [0.25, 0.3) is 0 Å². The van der Waals surface area contributed by atoms with Crippen LogP contribution < -0.4 is 5.43 Å². The number of Topliss-reactive ketones (excluding diaryl/α,β-unsaturated/α-hetero) is 1. The van der Waals surface area contributed by atoms with Crippen LogP contribution in [0, 0.1) is 0 Å². The van der Waals surface area contributed by atoms with Crippen molar-refractivity contribution in [3.63, 3.8) is 0 Å². The highest BCUT2D eigenvalue weighted by Crippen LogP contribution is 2.24. The van der Waals surface area contributed by atoms with E-state index in [4.69, 9.17) is 4.42 Å². The molecule has 0 amide bonds. The van der Waals surface area contributed by atoms with Crippen molar-refractivity contribution in [1.82, 2.24) is 0 Å². The van der Waals surface area contributed by atoms with Crippen molar-refractivity contribution in [2.24, 2.45) is 0 Å². The second-order valence-electron chi connectivity index (χ2n) is 4.37. The summed E-state index contributed by atoms with van der Waals surface area (Å²) >= 11 is 0. The molecule has 0 saturated carbocycles. The highest BCUT2D eigenvalue weighted by atomic mass is 16.3. The number of benzene rings is 1. The molecule has 98 valence electrons. The van der Waals surface area contributed by atoms with Gasteiger partial charge in [0.05, 0.1) is 5.39 Å². The average Bonchev–Trinajstić information content (AvgIpc) is 2.26. The van der Waals surface area contributed by atoms with Crippen LogP contribution in [0.4, 0.5) is 0 Å². The smallest absolute Gasteiger partial charge is 0.193 e. The Bertz CT molecular complexity index is 723. The summed E-state index contributed by atoms with van der Waals surface area (Å²) in [5.74, 6) is 0.313. The van der Waals surface area contributed by atoms with E-state index in [2.05, 4.69) is 0 Å². The van der Waals surface area contributed by atoms with Crippen LogP contribution >= 0.6 is 0 Å². The quantitative estimate of drug-likeness (QED) is 0.919. The van der Waals surface area contributed by atoms with E-state index in [0.717, 1.165) is 0 Å². The first-order valence-electron chi connectivity index (χ1n) is 5.93. The Morgan fingerprint density at radius 2 is 2.11 bits per heavy atom. The van der Waals surface area contributed by atoms with Gasteiger partial charge >= 0.3 is 0 Å². The lowest BCUT2D eigenvalue weighted by Crippen LogP contribution is -2.06. The fourth-order valence-corrected chi connectivity index (χ4v) is 2.03. The molecular weight excluding hydrogens is 244 g/mol. The van der Waals surface area contributed by atoms with Crippen LogP contribution in [0.25, 0.3) is 17.0 Å². The highest BCUT2D eigenvalue weighted by Gasteiger charge is 2.12. The van der Waals surface area contributed by atoms with E-state index in [0.29, 0.717) is 16.7 Å². The molecule has 0 aliphatic carbocycles. The Hall–Kier alpha value is -2.36. The zero-order valence-electron chi connectivity index (χ0n) is 10.8. The van der Waals surface area contributed by atoms with Crippen LogP contribution in [0.3, 0.4) is 0 Å². The largest absolute Gasteiger partial charge is 0.508 e. The van der Waals surface area contributed by atoms with Gasteiger partial charge in [-0.25, -0.2) is 0 Å². The minimum absolute atomic E-state index is 0.0236. The molecule has 0 unspecified atom stereocenters. The van der Waals surface area contributed by atoms with Gasteiger partial charge < -0.3 is 9.52 Å². The zero-order chi connectivity index (χ0) is 14.0. The van der Waals surface area contributed by atoms with Gasteiger partial charge in [0, 0.05) is 18.6 Å². The number of carbonyl (C=O) groups is 1. The Labute approximate surface area is 110 Å². The topological polar surface area (TPSA) is 67.5 Å². The van der Waals surface area contributed by atoms with E-state index in [1.807, 2.05) is 6.92 Å². The monoisotopic (exact) mass is 258 g/mol. The second kappa shape index (κ2) is 5.10. The molecule has 4 heteroatoms. The standard InChI is InChI=1S/C15H14O4/c1-3-4-12-8-13(18)15-10(5-9(2)16)6-11(17)7-14(15)19-12/h3-4,6-8,17H,5H2,1-2H3. The summed E-state index contributed by atoms with van der Waals surface area (Å²) in [4.78, 5) is 23.3. The van der Waals surface area contributed by atoms with Crippen LogP contribution in [-0.4, -0.2) is 10.9 Å². The van der Waals surface area contributed by atoms with Gasteiger partial charge in [-0.15, -0.1) is 0 Å². The van der Waals surface area contributed by atoms with E-state index in [1.54, 1.807) is 12.2 Å². The SMILES string of the molecule is CC=Cc1cc(=O)c2c(CC(C)=O)cc(O)cc2o1. The van der Waals surface area contributed by atoms with Gasteiger partial charge in [-0.2, -0.15) is 0 Å². The van der Waals surface area contributed by atoms with Gasteiger partial charge in [-0.05, 0) is 31.6 Å². The first-order chi connectivity index (χ1) is 9.01. The second-order valence-corrected chi connectivity index (χ2v) is 4.37. The third kappa shape index (κ3) is 2.73. The number of rotatable bonds is 3. The molecule has 4 nitrogen and oxygen atoms in total. The van der Waals surface area contributed by atoms with Crippen molar-refractivity contribution in [1.29, 1.82) is 0 Å². The lowest BCUT2D eigenvalue weighted by Gasteiger charge is -2.06. The number of carbonyl (C=O) groups excluding carboxylic acids is 1. The van der Waals surface area contributed by atoms with Crippen molar-refractivity contribution in [3.05, 3.63) is 45.8 Å². The maximum atomic E-state index is 12.1. The maximum absolute atomic E-state index is 12.1. The van der Waals surface area contributed by atoms with Crippen LogP contribution in [0.2, 0.25) is 0 Å². The zero-order valence-corrected chi connectivity index (χ0v) is 10.8. The third-order valence-corrected chi connectivity index (χ3v) is 2.69. The summed E-state index contributed by atoms with van der Waals surface area (Å²) in [5, 5.41) is 9.99. The molecule has 19 heavy (non-hydrogen) atoms. The normalized spacial score (nSPS) is 11.3. The van der Waals surface area contributed by atoms with Crippen molar-refractivity contribution in [2.75, 3.05) is 0 Å². The van der Waals surface area contributed by atoms with Gasteiger partial charge in [-0.3, -0.25) is 9.59 Å². The Morgan fingerprint density at radius 3 is 2.74 bits per heavy atom. The summed E-state index contributed by atoms with van der Waals surface area (Å²) in [7, 11) is 0. The Kier molecular flexibility index (Phi) is 3.51. The van der Waals surface area contributed by atoms with E-state index >= 15 is 0 Å². The van der Waals surface area contributed by atoms with Gasteiger partial charge in [0.2, 0.25) is 0 Å². The van der Waals surface area contributed by atoms with E-state index in [-0.39, 0.29) is 29.0 Å². The molecule has 0 spiro atoms. The molecule has 1 N–H and O–H groups in total. The van der Waals surface area contributed by atoms with Gasteiger partial charge in [-0.1, -0.05) is 6.08 Å². The fraction of sp³-hybridized carbons (Fsp3) is 0.200. The minimum atomic E-state index is -0.217. The molecule has 0 fully saturated rings. The molecule has 0 aliphatic heterocycles. The number of hydrogen-bond donors (Lipinski definition) is 1. The maximum Gasteiger partial charge on any atom is 0.193 e. The molecule has 0 bridgehead atoms. The van der Waals surface area contributed by atoms with E-state index in [9.17, 15) is 14.7 Å². The molecule has 1 aromatic heterocycles. The lowest BCUT2D eigenvalue weighted by atomic mass is 10.0. The Morgan fingerprint density at radius 1 is 1.37 bits per heavy atom. The average molecular weight is 258 g/mol. The number of allylic oxidation sites excluding steroid dienone is 1. The fourth-order valence-electron chi connectivity index (χ4n) is 2.03. The molecule has 1 aromatic carbocycles. The molecule has 2 rings (SSSR count). The highest BCUT2D eigenvalue weighted by molar-refractivity contribution is 5.88. The molecule has 0 aliphatic rings. The first-order valence-corrected chi connectivity index (χ1v) is 5.93. The molecule has 2 aromatic rings. The first kappa shape index (κ1) is 13.1. The van der Waals surface area contributed by atoms with Gasteiger partial charge in [0.15, 0.2) is 5.43 Å². The number of phenols is 1. The number of phenolic OH excluding ortho intramolecular Hbond substituents is 1. The van der Waals surface area contributed by atoms with Crippen molar-refractivity contribution >= 4 is 22.8 Å². The minimum Gasteiger partial charge on any atom is -0.508 e. The number of aromatic hydroxyl groups is 1. The van der Waals surface area contributed by atoms with Crippen molar-refractivity contribution in [3.8, 4) is 5.75 Å². The molecule has 0 saturated heterocycles. The van der Waals surface area contributed by atoms with Crippen LogP contribution in [0.1, 0.15) is 25.2 Å². The van der Waals surface area contributed by atoms with Crippen molar-refractivity contribution in [2.45, 2.75) is 20.3 Å². The van der Waals surface area contributed by atoms with Crippen LogP contribution in [-0.2, 0) is 11.2 Å². The van der Waals surface area contributed by atoms with E-state index in [1.165, 1.54) is 25.1 Å². The number of hydrogen-bond acceptors (Lipinski definition) is 4. The predicted octanol–water partition coefficient (Wildman–Crippen LogP) is 2.66. The van der Waals surface area contributed by atoms with E-state index < -0.39 is 0 Å². The molecular formula is C15H14O4. The lowest BCUT2D eigenvalue weighted by molar-refractivity contribution is -0.116. The summed E-state index contributed by atoms with van der Waals surface area (Å²) in [5.41, 5.74) is 0.561. The summed E-state index contributed by atoms with van der Waals surface area (Å²) < 4.78 is 5.53. The van der Waals surface area contributed by atoms with Crippen LogP contribution in [0.15, 0.2) is 33.5 Å². The van der Waals surface area contributed by atoms with Crippen LogP contribution in [0.5, 0.6) is 5.75 Å². The molecule has 1 heterocycles. The number of ketones is 1. The van der Waals surface area contributed by atoms with Crippen molar-refractivity contribution < 1.29 is 14.3 Å². The molecule has 0 atom stereocenters. The molecule has 0 radical (unpaired) electrons.